The van der Waals surface area contributed by atoms with Crippen LogP contribution in [0.5, 0.6) is 0 Å². The first-order valence-electron chi connectivity index (χ1n) is 12.0. The zero-order valence-corrected chi connectivity index (χ0v) is 24.5. The van der Waals surface area contributed by atoms with E-state index < -0.39 is 39.7 Å². The summed E-state index contributed by atoms with van der Waals surface area (Å²) in [7, 11) is 0. The Bertz CT molecular complexity index is 1460. The Morgan fingerprint density at radius 3 is 1.18 bits per heavy atom. The number of benzene rings is 2. The van der Waals surface area contributed by atoms with Gasteiger partial charge in [-0.3, -0.25) is 0 Å². The van der Waals surface area contributed by atoms with Crippen LogP contribution in [-0.2, 0) is 0 Å². The number of thiol groups is 2. The molecule has 2 heterocycles. The zero-order chi connectivity index (χ0) is 28.5. The van der Waals surface area contributed by atoms with Crippen molar-refractivity contribution in [2.24, 2.45) is 10.8 Å². The van der Waals surface area contributed by atoms with Gasteiger partial charge in [0, 0.05) is 51.4 Å². The van der Waals surface area contributed by atoms with Crippen molar-refractivity contribution in [1.29, 1.82) is 0 Å². The van der Waals surface area contributed by atoms with Crippen LogP contribution in [-0.4, -0.2) is 17.8 Å². The summed E-state index contributed by atoms with van der Waals surface area (Å²) in [4.78, 5) is 2.28. The first kappa shape index (κ1) is 27.5. The van der Waals surface area contributed by atoms with Crippen LogP contribution < -0.4 is 0 Å². The molecule has 0 saturated heterocycles. The minimum absolute atomic E-state index is 0.139. The van der Waals surface area contributed by atoms with Crippen LogP contribution >= 0.6 is 48.8 Å². The van der Waals surface area contributed by atoms with E-state index in [2.05, 4.69) is 25.3 Å². The van der Waals surface area contributed by atoms with Crippen molar-refractivity contribution in [2.45, 2.75) is 55.3 Å². The second-order valence-electron chi connectivity index (χ2n) is 10.6. The number of allylic oxidation sites excluding steroid dienone is 6. The third-order valence-corrected chi connectivity index (χ3v) is 12.6. The summed E-state index contributed by atoms with van der Waals surface area (Å²) in [6.45, 7) is 7.02. The van der Waals surface area contributed by atoms with Gasteiger partial charge in [0.2, 0.25) is 0 Å². The Kier molecular flexibility index (Phi) is 5.81. The molecule has 0 amide bonds. The highest BCUT2D eigenvalue weighted by atomic mass is 32.2. The molecule has 10 heteroatoms. The summed E-state index contributed by atoms with van der Waals surface area (Å²) >= 11 is 10.4. The van der Waals surface area contributed by atoms with Crippen LogP contribution in [0.3, 0.4) is 0 Å². The van der Waals surface area contributed by atoms with Crippen molar-refractivity contribution in [2.75, 3.05) is 0 Å². The van der Waals surface area contributed by atoms with E-state index in [9.17, 15) is 0 Å². The molecule has 0 radical (unpaired) electrons. The monoisotopic (exact) mass is 612 g/mol. The Morgan fingerprint density at radius 1 is 0.564 bits per heavy atom. The lowest BCUT2D eigenvalue weighted by Crippen LogP contribution is -2.47. The quantitative estimate of drug-likeness (QED) is 0.256. The third kappa shape index (κ3) is 3.12. The Morgan fingerprint density at radius 2 is 0.872 bits per heavy atom. The van der Waals surface area contributed by atoms with Crippen LogP contribution in [0.25, 0.3) is 9.81 Å². The van der Waals surface area contributed by atoms with Gasteiger partial charge in [-0.15, -0.1) is 25.3 Å². The molecule has 6 rings (SSSR count). The fourth-order valence-electron chi connectivity index (χ4n) is 6.28. The second kappa shape index (κ2) is 8.23. The van der Waals surface area contributed by atoms with E-state index in [1.807, 2.05) is 0 Å². The average molecular weight is 613 g/mol. The summed E-state index contributed by atoms with van der Waals surface area (Å²) in [5, 5.41) is 0. The van der Waals surface area contributed by atoms with Gasteiger partial charge in [0.25, 0.3) is 0 Å². The second-order valence-corrected chi connectivity index (χ2v) is 13.7. The Hall–Kier alpha value is -1.62. The molecule has 0 spiro atoms. The number of halogens is 6. The summed E-state index contributed by atoms with van der Waals surface area (Å²) in [6, 6.07) is 14.0. The maximum atomic E-state index is 15.6. The molecular formula is C29H22F6S4. The lowest BCUT2D eigenvalue weighted by atomic mass is 9.54. The molecule has 1 fully saturated rings. The standard InChI is InChI=1S/C29H22F6S4/c1-13-21(15-5-9-17(36)10-6-15)38-23-19-20(28(32,33)29(34,35)27(19,30)31)24-26(4,25(13,23)3)14(2)22(39-24)16-7-11-18(37)12-8-16/h5-12,36-37H,1-4H3. The van der Waals surface area contributed by atoms with Gasteiger partial charge in [-0.2, -0.15) is 26.3 Å². The molecule has 2 aliphatic heterocycles. The molecule has 0 bridgehead atoms. The van der Waals surface area contributed by atoms with E-state index in [1.165, 1.54) is 0 Å². The van der Waals surface area contributed by atoms with Crippen molar-refractivity contribution in [3.05, 3.63) is 91.8 Å². The van der Waals surface area contributed by atoms with E-state index in [0.717, 1.165) is 23.5 Å². The molecule has 2 aromatic carbocycles. The number of fused-ring (bicyclic) bond motifs is 4. The largest absolute Gasteiger partial charge is 0.380 e. The number of hydrogen-bond donors (Lipinski definition) is 2. The average Bonchev–Trinajstić information content (AvgIpc) is 3.34. The fraction of sp³-hybridized carbons (Fsp3) is 0.310. The van der Waals surface area contributed by atoms with E-state index in [0.29, 0.717) is 41.9 Å². The minimum Gasteiger partial charge on any atom is -0.194 e. The van der Waals surface area contributed by atoms with Gasteiger partial charge in [-0.05, 0) is 74.2 Å². The summed E-state index contributed by atoms with van der Waals surface area (Å²) in [5.74, 6) is -15.7. The molecule has 0 nitrogen and oxygen atoms in total. The first-order chi connectivity index (χ1) is 18.0. The van der Waals surface area contributed by atoms with Crippen LogP contribution in [0.1, 0.15) is 38.8 Å². The van der Waals surface area contributed by atoms with Crippen molar-refractivity contribution in [1.82, 2.24) is 0 Å². The molecule has 4 aliphatic rings. The molecule has 0 N–H and O–H groups in total. The van der Waals surface area contributed by atoms with Crippen LogP contribution in [0.15, 0.2) is 90.4 Å². The molecule has 0 aromatic heterocycles. The van der Waals surface area contributed by atoms with Gasteiger partial charge in [-0.1, -0.05) is 47.8 Å². The molecule has 1 saturated carbocycles. The predicted molar refractivity (Wildman–Crippen MR) is 153 cm³/mol. The summed E-state index contributed by atoms with van der Waals surface area (Å²) in [6.07, 6.45) is 0. The van der Waals surface area contributed by atoms with Crippen molar-refractivity contribution in [3.8, 4) is 0 Å². The fourth-order valence-corrected chi connectivity index (χ4v) is 9.99. The Balaban J connectivity index is 1.71. The molecule has 2 aliphatic carbocycles. The highest BCUT2D eigenvalue weighted by Crippen LogP contribution is 2.81. The topological polar surface area (TPSA) is 0 Å². The van der Waals surface area contributed by atoms with E-state index in [4.69, 9.17) is 0 Å². The lowest BCUT2D eigenvalue weighted by molar-refractivity contribution is -0.258. The number of rotatable bonds is 2. The normalized spacial score (nSPS) is 30.3. The zero-order valence-electron chi connectivity index (χ0n) is 21.1. The van der Waals surface area contributed by atoms with Gasteiger partial charge >= 0.3 is 17.8 Å². The maximum Gasteiger partial charge on any atom is 0.380 e. The molecule has 2 atom stereocenters. The highest BCUT2D eigenvalue weighted by Gasteiger charge is 2.85. The minimum atomic E-state index is -5.58. The van der Waals surface area contributed by atoms with Gasteiger partial charge in [0.1, 0.15) is 0 Å². The SMILES string of the molecule is CC1=C(c2ccc(S)cc2)SC2=C3C(=C4SC(c5ccc(S)cc5)=C(C)C4(C)C12C)C(F)(F)C(F)(F)C3(F)F. The van der Waals surface area contributed by atoms with Gasteiger partial charge < -0.3 is 0 Å². The lowest BCUT2D eigenvalue weighted by Gasteiger charge is -2.49. The van der Waals surface area contributed by atoms with Crippen molar-refractivity contribution >= 4 is 58.6 Å². The van der Waals surface area contributed by atoms with E-state index in [-0.39, 0.29) is 9.81 Å². The van der Waals surface area contributed by atoms with E-state index in [1.54, 1.807) is 76.2 Å². The number of alkyl halides is 6. The molecule has 39 heavy (non-hydrogen) atoms. The molecule has 204 valence electrons. The van der Waals surface area contributed by atoms with Crippen molar-refractivity contribution < 1.29 is 26.3 Å². The van der Waals surface area contributed by atoms with Crippen LogP contribution in [0.4, 0.5) is 26.3 Å². The van der Waals surface area contributed by atoms with Crippen LogP contribution in [0.2, 0.25) is 0 Å². The van der Waals surface area contributed by atoms with Gasteiger partial charge in [-0.25, -0.2) is 0 Å². The highest BCUT2D eigenvalue weighted by molar-refractivity contribution is 8.13. The van der Waals surface area contributed by atoms with Gasteiger partial charge in [0.15, 0.2) is 0 Å². The van der Waals surface area contributed by atoms with Crippen molar-refractivity contribution in [3.63, 3.8) is 0 Å². The third-order valence-electron chi connectivity index (χ3n) is 8.88. The molecule has 2 unspecified atom stereocenters. The smallest absolute Gasteiger partial charge is 0.194 e. The number of thioether (sulfide) groups is 2. The predicted octanol–water partition coefficient (Wildman–Crippen LogP) is 10.4. The van der Waals surface area contributed by atoms with Gasteiger partial charge in [0.05, 0.1) is 0 Å². The number of hydrogen-bond acceptors (Lipinski definition) is 4. The van der Waals surface area contributed by atoms with E-state index >= 15 is 26.3 Å². The summed E-state index contributed by atoms with van der Waals surface area (Å²) < 4.78 is 92.6. The van der Waals surface area contributed by atoms with Crippen LogP contribution in [0, 0.1) is 10.8 Å². The molecular weight excluding hydrogens is 591 g/mol. The maximum absolute atomic E-state index is 15.6. The Labute approximate surface area is 241 Å². The molecule has 2 aromatic rings. The first-order valence-corrected chi connectivity index (χ1v) is 14.6. The summed E-state index contributed by atoms with van der Waals surface area (Å²) in [5.41, 5.74) is -2.31.